The monoisotopic (exact) mass is 274 g/mol. The second kappa shape index (κ2) is 4.74. The molecule has 1 aromatic carbocycles. The number of carboxylic acid groups (broad SMARTS) is 1. The van der Waals surface area contributed by atoms with Crippen LogP contribution in [0.4, 0.5) is 4.39 Å². The molecule has 2 aromatic rings. The fourth-order valence-corrected chi connectivity index (χ4v) is 2.91. The van der Waals surface area contributed by atoms with Crippen LogP contribution in [0.25, 0.3) is 5.69 Å². The van der Waals surface area contributed by atoms with Crippen molar-refractivity contribution >= 4 is 5.97 Å². The standard InChI is InChI=1S/C15H15FN2O2/c1-9-10-5-4-6-11(15(19)20)14(10)18(17-9)13-8-3-2-7-12(13)16/h2-3,7-8,11H,4-6H2,1H3,(H,19,20). The summed E-state index contributed by atoms with van der Waals surface area (Å²) in [7, 11) is 0. The lowest BCUT2D eigenvalue weighted by molar-refractivity contribution is -0.139. The van der Waals surface area contributed by atoms with Crippen molar-refractivity contribution in [2.45, 2.75) is 32.1 Å². The lowest BCUT2D eigenvalue weighted by atomic mass is 9.86. The molecule has 20 heavy (non-hydrogen) atoms. The number of hydrogen-bond acceptors (Lipinski definition) is 2. The van der Waals surface area contributed by atoms with Crippen LogP contribution in [0, 0.1) is 12.7 Å². The molecule has 0 radical (unpaired) electrons. The lowest BCUT2D eigenvalue weighted by Gasteiger charge is -2.21. The second-order valence-corrected chi connectivity index (χ2v) is 5.10. The average molecular weight is 274 g/mol. The number of aliphatic carboxylic acids is 1. The van der Waals surface area contributed by atoms with Crippen LogP contribution in [-0.4, -0.2) is 20.9 Å². The number of hydrogen-bond donors (Lipinski definition) is 1. The molecule has 0 bridgehead atoms. The van der Waals surface area contributed by atoms with E-state index in [1.165, 1.54) is 10.7 Å². The highest BCUT2D eigenvalue weighted by Crippen LogP contribution is 2.35. The molecule has 0 saturated carbocycles. The average Bonchev–Trinajstić information content (AvgIpc) is 2.77. The fraction of sp³-hybridized carbons (Fsp3) is 0.333. The van der Waals surface area contributed by atoms with Crippen LogP contribution in [0.3, 0.4) is 0 Å². The van der Waals surface area contributed by atoms with Crippen LogP contribution in [-0.2, 0) is 11.2 Å². The number of fused-ring (bicyclic) bond motifs is 1. The molecule has 1 aliphatic rings. The Morgan fingerprint density at radius 1 is 1.45 bits per heavy atom. The van der Waals surface area contributed by atoms with E-state index in [0.717, 1.165) is 24.1 Å². The van der Waals surface area contributed by atoms with Gasteiger partial charge in [-0.2, -0.15) is 5.10 Å². The van der Waals surface area contributed by atoms with Crippen molar-refractivity contribution < 1.29 is 14.3 Å². The molecule has 1 unspecified atom stereocenters. The maximum absolute atomic E-state index is 14.0. The number of para-hydroxylation sites is 1. The Morgan fingerprint density at radius 2 is 2.20 bits per heavy atom. The molecule has 0 saturated heterocycles. The Labute approximate surface area is 115 Å². The van der Waals surface area contributed by atoms with Gasteiger partial charge < -0.3 is 5.11 Å². The van der Waals surface area contributed by atoms with Gasteiger partial charge in [0, 0.05) is 0 Å². The number of halogens is 1. The van der Waals surface area contributed by atoms with E-state index >= 15 is 0 Å². The first kappa shape index (κ1) is 12.8. The summed E-state index contributed by atoms with van der Waals surface area (Å²) in [6, 6.07) is 6.31. The quantitative estimate of drug-likeness (QED) is 0.916. The van der Waals surface area contributed by atoms with Gasteiger partial charge in [-0.1, -0.05) is 12.1 Å². The van der Waals surface area contributed by atoms with Crippen LogP contribution in [0.5, 0.6) is 0 Å². The van der Waals surface area contributed by atoms with Crippen LogP contribution < -0.4 is 0 Å². The summed E-state index contributed by atoms with van der Waals surface area (Å²) in [6.45, 7) is 1.85. The van der Waals surface area contributed by atoms with Gasteiger partial charge in [0.25, 0.3) is 0 Å². The summed E-state index contributed by atoms with van der Waals surface area (Å²) >= 11 is 0. The third-order valence-corrected chi connectivity index (χ3v) is 3.85. The molecule has 0 aliphatic heterocycles. The van der Waals surface area contributed by atoms with Crippen molar-refractivity contribution in [3.63, 3.8) is 0 Å². The van der Waals surface area contributed by atoms with E-state index in [-0.39, 0.29) is 0 Å². The first-order valence-electron chi connectivity index (χ1n) is 6.65. The molecule has 1 aliphatic carbocycles. The fourth-order valence-electron chi connectivity index (χ4n) is 2.91. The molecule has 5 heteroatoms. The Kier molecular flexibility index (Phi) is 3.04. The molecular weight excluding hydrogens is 259 g/mol. The van der Waals surface area contributed by atoms with E-state index in [9.17, 15) is 14.3 Å². The minimum atomic E-state index is -0.872. The first-order valence-corrected chi connectivity index (χ1v) is 6.65. The van der Waals surface area contributed by atoms with Gasteiger partial charge in [-0.25, -0.2) is 9.07 Å². The number of carbonyl (C=O) groups is 1. The number of benzene rings is 1. The summed E-state index contributed by atoms with van der Waals surface area (Å²) in [6.07, 6.45) is 2.20. The van der Waals surface area contributed by atoms with Crippen molar-refractivity contribution in [2.24, 2.45) is 0 Å². The Bertz CT molecular complexity index is 679. The molecular formula is C15H15FN2O2. The van der Waals surface area contributed by atoms with Crippen molar-refractivity contribution in [1.82, 2.24) is 9.78 Å². The highest BCUT2D eigenvalue weighted by molar-refractivity contribution is 5.77. The molecule has 0 spiro atoms. The summed E-state index contributed by atoms with van der Waals surface area (Å²) in [4.78, 5) is 11.5. The Balaban J connectivity index is 2.23. The topological polar surface area (TPSA) is 55.1 Å². The van der Waals surface area contributed by atoms with E-state index in [1.54, 1.807) is 18.2 Å². The van der Waals surface area contributed by atoms with Crippen LogP contribution in [0.2, 0.25) is 0 Å². The number of aromatic nitrogens is 2. The van der Waals surface area contributed by atoms with Gasteiger partial charge in [0.05, 0.1) is 17.3 Å². The van der Waals surface area contributed by atoms with Crippen LogP contribution in [0.15, 0.2) is 24.3 Å². The summed E-state index contributed by atoms with van der Waals surface area (Å²) < 4.78 is 15.4. The summed E-state index contributed by atoms with van der Waals surface area (Å²) in [5.41, 5.74) is 2.68. The van der Waals surface area contributed by atoms with Gasteiger partial charge in [0.1, 0.15) is 11.5 Å². The van der Waals surface area contributed by atoms with Crippen LogP contribution >= 0.6 is 0 Å². The molecule has 1 atom stereocenters. The summed E-state index contributed by atoms with van der Waals surface area (Å²) in [5.74, 6) is -1.88. The predicted octanol–water partition coefficient (Wildman–Crippen LogP) is 2.82. The zero-order valence-corrected chi connectivity index (χ0v) is 11.1. The molecule has 1 heterocycles. The van der Waals surface area contributed by atoms with Gasteiger partial charge in [-0.15, -0.1) is 0 Å². The van der Waals surface area contributed by atoms with Gasteiger partial charge >= 0.3 is 5.97 Å². The highest BCUT2D eigenvalue weighted by atomic mass is 19.1. The summed E-state index contributed by atoms with van der Waals surface area (Å²) in [5, 5.41) is 13.8. The van der Waals surface area contributed by atoms with E-state index in [4.69, 9.17) is 0 Å². The molecule has 0 fully saturated rings. The lowest BCUT2D eigenvalue weighted by Crippen LogP contribution is -2.21. The first-order chi connectivity index (χ1) is 9.59. The number of rotatable bonds is 2. The molecule has 1 aromatic heterocycles. The smallest absolute Gasteiger partial charge is 0.312 e. The van der Waals surface area contributed by atoms with Gasteiger partial charge in [0.2, 0.25) is 0 Å². The van der Waals surface area contributed by atoms with E-state index < -0.39 is 17.7 Å². The van der Waals surface area contributed by atoms with Crippen molar-refractivity contribution in [3.8, 4) is 5.69 Å². The zero-order valence-electron chi connectivity index (χ0n) is 11.1. The molecule has 4 nitrogen and oxygen atoms in total. The second-order valence-electron chi connectivity index (χ2n) is 5.10. The third-order valence-electron chi connectivity index (χ3n) is 3.85. The maximum atomic E-state index is 14.0. The molecule has 1 N–H and O–H groups in total. The molecule has 0 amide bonds. The van der Waals surface area contributed by atoms with Crippen molar-refractivity contribution in [3.05, 3.63) is 47.0 Å². The number of carboxylic acids is 1. The van der Waals surface area contributed by atoms with Gasteiger partial charge in [0.15, 0.2) is 0 Å². The number of nitrogens with zero attached hydrogens (tertiary/aromatic N) is 2. The van der Waals surface area contributed by atoms with E-state index in [0.29, 0.717) is 17.8 Å². The van der Waals surface area contributed by atoms with Gasteiger partial charge in [-0.3, -0.25) is 4.79 Å². The minimum Gasteiger partial charge on any atom is -0.481 e. The minimum absolute atomic E-state index is 0.310. The predicted molar refractivity (Wildman–Crippen MR) is 71.6 cm³/mol. The van der Waals surface area contributed by atoms with Crippen LogP contribution in [0.1, 0.15) is 35.7 Å². The SMILES string of the molecule is Cc1nn(-c2ccccc2F)c2c1CCCC2C(=O)O. The maximum Gasteiger partial charge on any atom is 0.312 e. The van der Waals surface area contributed by atoms with Crippen molar-refractivity contribution in [2.75, 3.05) is 0 Å². The Morgan fingerprint density at radius 3 is 2.90 bits per heavy atom. The number of aryl methyl sites for hydroxylation is 1. The third kappa shape index (κ3) is 1.90. The van der Waals surface area contributed by atoms with Crippen molar-refractivity contribution in [1.29, 1.82) is 0 Å². The zero-order chi connectivity index (χ0) is 14.3. The normalized spacial score (nSPS) is 17.8. The Hall–Kier alpha value is -2.17. The largest absolute Gasteiger partial charge is 0.481 e. The van der Waals surface area contributed by atoms with E-state index in [2.05, 4.69) is 5.10 Å². The van der Waals surface area contributed by atoms with E-state index in [1.807, 2.05) is 6.92 Å². The van der Waals surface area contributed by atoms with Gasteiger partial charge in [-0.05, 0) is 43.9 Å². The molecule has 104 valence electrons. The highest BCUT2D eigenvalue weighted by Gasteiger charge is 2.32. The molecule has 3 rings (SSSR count).